The van der Waals surface area contributed by atoms with Gasteiger partial charge in [0.2, 0.25) is 0 Å². The van der Waals surface area contributed by atoms with Crippen molar-refractivity contribution in [1.29, 1.82) is 0 Å². The van der Waals surface area contributed by atoms with Gasteiger partial charge in [-0.3, -0.25) is 4.79 Å². The van der Waals surface area contributed by atoms with Crippen molar-refractivity contribution in [3.8, 4) is 5.75 Å². The smallest absolute Gasteiger partial charge is 0.305 e. The van der Waals surface area contributed by atoms with Gasteiger partial charge < -0.3 is 23.8 Å². The van der Waals surface area contributed by atoms with E-state index in [4.69, 9.17) is 18.9 Å². The Hall–Kier alpha value is -1.73. The van der Waals surface area contributed by atoms with Crippen LogP contribution in [-0.2, 0) is 19.0 Å². The largest absolute Gasteiger partial charge is 0.497 e. The van der Waals surface area contributed by atoms with Gasteiger partial charge in [0.1, 0.15) is 19.0 Å². The Morgan fingerprint density at radius 1 is 1.22 bits per heavy atom. The van der Waals surface area contributed by atoms with Gasteiger partial charge in [0.05, 0.1) is 13.7 Å². The van der Waals surface area contributed by atoms with Crippen LogP contribution in [0.1, 0.15) is 5.56 Å². The van der Waals surface area contributed by atoms with Crippen LogP contribution in [0.15, 0.2) is 30.3 Å². The second-order valence-electron chi connectivity index (χ2n) is 5.48. The lowest BCUT2D eigenvalue weighted by Crippen LogP contribution is -2.46. The van der Waals surface area contributed by atoms with Gasteiger partial charge in [0.15, 0.2) is 5.78 Å². The molecule has 0 spiro atoms. The monoisotopic (exact) mass is 321 g/mol. The molecule has 1 aliphatic heterocycles. The van der Waals surface area contributed by atoms with E-state index in [0.717, 1.165) is 17.9 Å². The predicted molar refractivity (Wildman–Crippen MR) is 86.2 cm³/mol. The zero-order valence-electron chi connectivity index (χ0n) is 13.8. The topological polar surface area (TPSA) is 57.2 Å². The first kappa shape index (κ1) is 17.6. The van der Waals surface area contributed by atoms with E-state index in [0.29, 0.717) is 6.61 Å². The highest BCUT2D eigenvalue weighted by atomic mass is 16.9. The Balaban J connectivity index is 2.06. The molecule has 1 aromatic carbocycles. The summed E-state index contributed by atoms with van der Waals surface area (Å²) in [6, 6.07) is 7.56. The average molecular weight is 321 g/mol. The minimum Gasteiger partial charge on any atom is -0.497 e. The first-order chi connectivity index (χ1) is 11.0. The lowest BCUT2D eigenvalue weighted by molar-refractivity contribution is -0.356. The molecular weight excluding hydrogens is 298 g/mol. The number of likely N-dealkylation sites (N-methyl/N-ethyl adjacent to an activating group) is 1. The minimum absolute atomic E-state index is 0.0189. The molecule has 0 bridgehead atoms. The van der Waals surface area contributed by atoms with Crippen molar-refractivity contribution in [2.75, 3.05) is 47.6 Å². The molecule has 23 heavy (non-hydrogen) atoms. The SMILES string of the molecule is COc1ccc(/C=C/C2(OCCN(C)C)OCC(=O)CO2)cc1. The molecule has 0 saturated carbocycles. The van der Waals surface area contributed by atoms with Crippen LogP contribution in [0.2, 0.25) is 0 Å². The van der Waals surface area contributed by atoms with Gasteiger partial charge in [-0.1, -0.05) is 18.2 Å². The van der Waals surface area contributed by atoms with Crippen molar-refractivity contribution >= 4 is 11.9 Å². The molecule has 0 amide bonds. The minimum atomic E-state index is -1.32. The lowest BCUT2D eigenvalue weighted by atomic mass is 10.2. The summed E-state index contributed by atoms with van der Waals surface area (Å²) in [5, 5.41) is 0. The third kappa shape index (κ3) is 5.44. The number of Topliss-reactive ketones (excluding diaryl/α,β-unsaturated/α-hetero) is 1. The molecule has 1 saturated heterocycles. The quantitative estimate of drug-likeness (QED) is 0.759. The third-order valence-electron chi connectivity index (χ3n) is 3.31. The number of carbonyl (C=O) groups is 1. The normalized spacial score (nSPS) is 17.8. The predicted octanol–water partition coefficient (Wildman–Crippen LogP) is 1.56. The summed E-state index contributed by atoms with van der Waals surface area (Å²) in [6.07, 6.45) is 3.53. The second kappa shape index (κ2) is 8.21. The molecule has 1 fully saturated rings. The molecule has 0 aliphatic carbocycles. The van der Waals surface area contributed by atoms with Gasteiger partial charge in [-0.2, -0.15) is 0 Å². The van der Waals surface area contributed by atoms with E-state index in [1.54, 1.807) is 13.2 Å². The van der Waals surface area contributed by atoms with Crippen LogP contribution >= 0.6 is 0 Å². The van der Waals surface area contributed by atoms with Crippen molar-refractivity contribution in [2.45, 2.75) is 5.97 Å². The lowest BCUT2D eigenvalue weighted by Gasteiger charge is -2.33. The Kier molecular flexibility index (Phi) is 6.29. The average Bonchev–Trinajstić information content (AvgIpc) is 2.56. The summed E-state index contributed by atoms with van der Waals surface area (Å²) in [7, 11) is 5.53. The number of benzene rings is 1. The summed E-state index contributed by atoms with van der Waals surface area (Å²) in [5.74, 6) is -0.631. The van der Waals surface area contributed by atoms with Crippen molar-refractivity contribution < 1.29 is 23.7 Å². The fourth-order valence-corrected chi connectivity index (χ4v) is 1.96. The van der Waals surface area contributed by atoms with E-state index in [1.807, 2.05) is 49.3 Å². The Morgan fingerprint density at radius 2 is 1.87 bits per heavy atom. The van der Waals surface area contributed by atoms with Crippen LogP contribution in [0.25, 0.3) is 6.08 Å². The number of hydrogen-bond donors (Lipinski definition) is 0. The maximum absolute atomic E-state index is 11.3. The van der Waals surface area contributed by atoms with Crippen LogP contribution in [0, 0.1) is 0 Å². The molecule has 6 nitrogen and oxygen atoms in total. The highest BCUT2D eigenvalue weighted by molar-refractivity contribution is 5.81. The van der Waals surface area contributed by atoms with Gasteiger partial charge in [0, 0.05) is 12.6 Å². The van der Waals surface area contributed by atoms with E-state index in [9.17, 15) is 4.79 Å². The van der Waals surface area contributed by atoms with Crippen LogP contribution in [0.4, 0.5) is 0 Å². The Bertz CT molecular complexity index is 528. The van der Waals surface area contributed by atoms with Crippen LogP contribution in [0.3, 0.4) is 0 Å². The molecule has 2 rings (SSSR count). The first-order valence-corrected chi connectivity index (χ1v) is 7.44. The van der Waals surface area contributed by atoms with Gasteiger partial charge in [-0.15, -0.1) is 0 Å². The number of ketones is 1. The van der Waals surface area contributed by atoms with Crippen LogP contribution < -0.4 is 4.74 Å². The number of hydrogen-bond acceptors (Lipinski definition) is 6. The zero-order chi connectivity index (χ0) is 16.7. The van der Waals surface area contributed by atoms with Gasteiger partial charge in [-0.25, -0.2) is 0 Å². The molecule has 1 aromatic rings. The fourth-order valence-electron chi connectivity index (χ4n) is 1.96. The third-order valence-corrected chi connectivity index (χ3v) is 3.31. The molecule has 1 heterocycles. The number of nitrogens with zero attached hydrogens (tertiary/aromatic N) is 1. The van der Waals surface area contributed by atoms with E-state index in [-0.39, 0.29) is 19.0 Å². The molecule has 0 N–H and O–H groups in total. The number of ether oxygens (including phenoxy) is 4. The van der Waals surface area contributed by atoms with Gasteiger partial charge >= 0.3 is 5.97 Å². The molecule has 0 atom stereocenters. The fraction of sp³-hybridized carbons (Fsp3) is 0.471. The van der Waals surface area contributed by atoms with Crippen molar-refractivity contribution in [3.63, 3.8) is 0 Å². The van der Waals surface area contributed by atoms with Crippen LogP contribution in [-0.4, -0.2) is 64.2 Å². The van der Waals surface area contributed by atoms with Crippen LogP contribution in [0.5, 0.6) is 5.75 Å². The summed E-state index contributed by atoms with van der Waals surface area (Å²) in [5.41, 5.74) is 0.950. The number of methoxy groups -OCH3 is 1. The highest BCUT2D eigenvalue weighted by Crippen LogP contribution is 2.23. The van der Waals surface area contributed by atoms with Crippen molar-refractivity contribution in [1.82, 2.24) is 4.90 Å². The summed E-state index contributed by atoms with van der Waals surface area (Å²) >= 11 is 0. The second-order valence-corrected chi connectivity index (χ2v) is 5.48. The number of rotatable bonds is 7. The summed E-state index contributed by atoms with van der Waals surface area (Å²) in [6.45, 7) is 1.11. The van der Waals surface area contributed by atoms with Gasteiger partial charge in [-0.05, 0) is 31.8 Å². The summed E-state index contributed by atoms with van der Waals surface area (Å²) < 4.78 is 21.9. The number of carbonyl (C=O) groups excluding carboxylic acids is 1. The zero-order valence-corrected chi connectivity index (χ0v) is 13.8. The maximum Gasteiger partial charge on any atom is 0.305 e. The van der Waals surface area contributed by atoms with Crippen molar-refractivity contribution in [3.05, 3.63) is 35.9 Å². The van der Waals surface area contributed by atoms with E-state index in [2.05, 4.69) is 0 Å². The van der Waals surface area contributed by atoms with E-state index >= 15 is 0 Å². The first-order valence-electron chi connectivity index (χ1n) is 7.44. The molecular formula is C17H23NO5. The highest BCUT2D eigenvalue weighted by Gasteiger charge is 2.36. The van der Waals surface area contributed by atoms with Gasteiger partial charge in [0.25, 0.3) is 0 Å². The Morgan fingerprint density at radius 3 is 2.43 bits per heavy atom. The molecule has 0 radical (unpaired) electrons. The molecule has 1 aliphatic rings. The molecule has 0 aromatic heterocycles. The molecule has 6 heteroatoms. The van der Waals surface area contributed by atoms with E-state index in [1.165, 1.54) is 0 Å². The van der Waals surface area contributed by atoms with Crippen molar-refractivity contribution in [2.24, 2.45) is 0 Å². The summed E-state index contributed by atoms with van der Waals surface area (Å²) in [4.78, 5) is 13.3. The standard InChI is InChI=1S/C17H23NO5/c1-18(2)10-11-21-17(22-12-15(19)13-23-17)9-8-14-4-6-16(20-3)7-5-14/h4-9H,10-13H2,1-3H3/b9-8+. The molecule has 126 valence electrons. The molecule has 0 unspecified atom stereocenters. The maximum atomic E-state index is 11.3. The Labute approximate surface area is 136 Å². The van der Waals surface area contributed by atoms with E-state index < -0.39 is 5.97 Å².